The van der Waals surface area contributed by atoms with Crippen molar-refractivity contribution in [3.8, 4) is 5.75 Å². The maximum Gasteiger partial charge on any atom is 0.265 e. The number of nitrogens with one attached hydrogen (secondary N) is 1. The molecule has 2 amide bonds. The highest BCUT2D eigenvalue weighted by Gasteiger charge is 2.29. The van der Waals surface area contributed by atoms with Crippen molar-refractivity contribution >= 4 is 17.5 Å². The number of rotatable bonds is 4. The van der Waals surface area contributed by atoms with Crippen molar-refractivity contribution < 1.29 is 14.3 Å². The van der Waals surface area contributed by atoms with Gasteiger partial charge in [-0.2, -0.15) is 0 Å². The van der Waals surface area contributed by atoms with E-state index in [2.05, 4.69) is 9.97 Å². The summed E-state index contributed by atoms with van der Waals surface area (Å²) in [6.07, 6.45) is 5.88. The van der Waals surface area contributed by atoms with Crippen LogP contribution < -0.4 is 9.64 Å². The first kappa shape index (κ1) is 16.6. The Labute approximate surface area is 152 Å². The van der Waals surface area contributed by atoms with Crippen LogP contribution in [-0.4, -0.2) is 52.9 Å². The van der Waals surface area contributed by atoms with E-state index in [0.29, 0.717) is 25.3 Å². The van der Waals surface area contributed by atoms with Gasteiger partial charge < -0.3 is 19.5 Å². The molecule has 3 heterocycles. The molecule has 2 aliphatic rings. The van der Waals surface area contributed by atoms with Crippen LogP contribution in [0.4, 0.5) is 5.69 Å². The van der Waals surface area contributed by atoms with Crippen LogP contribution in [0.2, 0.25) is 0 Å². The van der Waals surface area contributed by atoms with Gasteiger partial charge in [0.25, 0.3) is 5.91 Å². The molecule has 7 heteroatoms. The first-order valence-electron chi connectivity index (χ1n) is 9.01. The number of amides is 2. The van der Waals surface area contributed by atoms with Crippen LogP contribution >= 0.6 is 0 Å². The molecule has 1 saturated heterocycles. The van der Waals surface area contributed by atoms with E-state index in [-0.39, 0.29) is 24.3 Å². The van der Waals surface area contributed by atoms with Gasteiger partial charge in [-0.3, -0.25) is 9.59 Å². The number of piperidine rings is 1. The molecule has 1 atom stereocenters. The minimum Gasteiger partial charge on any atom is -0.482 e. The number of hydrogen-bond acceptors (Lipinski definition) is 4. The van der Waals surface area contributed by atoms with Gasteiger partial charge in [0, 0.05) is 44.4 Å². The molecular weight excluding hydrogens is 332 g/mol. The maximum atomic E-state index is 12.7. The van der Waals surface area contributed by atoms with Gasteiger partial charge in [-0.25, -0.2) is 4.98 Å². The smallest absolute Gasteiger partial charge is 0.265 e. The van der Waals surface area contributed by atoms with Crippen molar-refractivity contribution in [3.05, 3.63) is 42.5 Å². The molecule has 1 aromatic heterocycles. The Morgan fingerprint density at radius 3 is 3.08 bits per heavy atom. The van der Waals surface area contributed by atoms with Gasteiger partial charge in [0.2, 0.25) is 5.91 Å². The molecule has 26 heavy (non-hydrogen) atoms. The van der Waals surface area contributed by atoms with Crippen molar-refractivity contribution in [2.24, 2.45) is 0 Å². The topological polar surface area (TPSA) is 78.5 Å². The fourth-order valence-electron chi connectivity index (χ4n) is 3.69. The van der Waals surface area contributed by atoms with Crippen molar-refractivity contribution in [2.75, 3.05) is 31.1 Å². The molecule has 0 bridgehead atoms. The normalized spacial score (nSPS) is 19.8. The van der Waals surface area contributed by atoms with E-state index in [1.165, 1.54) is 0 Å². The summed E-state index contributed by atoms with van der Waals surface area (Å²) >= 11 is 0. The molecular formula is C19H22N4O3. The van der Waals surface area contributed by atoms with Crippen LogP contribution in [0, 0.1) is 0 Å². The molecule has 0 saturated carbocycles. The Morgan fingerprint density at radius 1 is 1.35 bits per heavy atom. The molecule has 0 radical (unpaired) electrons. The quantitative estimate of drug-likeness (QED) is 0.910. The summed E-state index contributed by atoms with van der Waals surface area (Å²) in [6, 6.07) is 7.44. The van der Waals surface area contributed by atoms with E-state index in [4.69, 9.17) is 4.74 Å². The van der Waals surface area contributed by atoms with E-state index in [9.17, 15) is 9.59 Å². The lowest BCUT2D eigenvalue weighted by Gasteiger charge is -2.33. The zero-order valence-electron chi connectivity index (χ0n) is 14.6. The van der Waals surface area contributed by atoms with E-state index in [1.807, 2.05) is 35.4 Å². The highest BCUT2D eigenvalue weighted by Crippen LogP contribution is 2.31. The van der Waals surface area contributed by atoms with Crippen molar-refractivity contribution in [1.29, 1.82) is 0 Å². The molecule has 4 rings (SSSR count). The first-order valence-corrected chi connectivity index (χ1v) is 9.01. The summed E-state index contributed by atoms with van der Waals surface area (Å²) in [5.41, 5.74) is 0.739. The van der Waals surface area contributed by atoms with Gasteiger partial charge in [0.15, 0.2) is 6.61 Å². The maximum absolute atomic E-state index is 12.7. The number of nitrogens with zero attached hydrogens (tertiary/aromatic N) is 3. The third kappa shape index (κ3) is 3.29. The molecule has 7 nitrogen and oxygen atoms in total. The van der Waals surface area contributed by atoms with Gasteiger partial charge in [-0.05, 0) is 25.0 Å². The number of para-hydroxylation sites is 2. The summed E-state index contributed by atoms with van der Waals surface area (Å²) in [6.45, 7) is 1.85. The highest BCUT2D eigenvalue weighted by atomic mass is 16.5. The lowest BCUT2D eigenvalue weighted by Crippen LogP contribution is -2.43. The number of H-pyrrole nitrogens is 1. The molecule has 2 aliphatic heterocycles. The zero-order valence-corrected chi connectivity index (χ0v) is 14.6. The van der Waals surface area contributed by atoms with E-state index in [0.717, 1.165) is 30.9 Å². The van der Waals surface area contributed by atoms with Crippen molar-refractivity contribution in [1.82, 2.24) is 14.9 Å². The predicted octanol–water partition coefficient (Wildman–Crippen LogP) is 1.93. The van der Waals surface area contributed by atoms with Gasteiger partial charge in [-0.1, -0.05) is 12.1 Å². The number of carbonyl (C=O) groups is 2. The van der Waals surface area contributed by atoms with Crippen LogP contribution in [0.15, 0.2) is 36.7 Å². The summed E-state index contributed by atoms with van der Waals surface area (Å²) < 4.78 is 5.45. The van der Waals surface area contributed by atoms with Crippen LogP contribution in [0.3, 0.4) is 0 Å². The standard InChI is InChI=1S/C19H22N4O3/c24-17(22-10-3-4-14(12-22)19-20-8-9-21-19)7-11-23-15-5-1-2-6-16(15)26-13-18(23)25/h1-2,5-6,8-9,14H,3-4,7,10-13H2,(H,20,21)/t14-/m1/s1. The third-order valence-electron chi connectivity index (χ3n) is 5.04. The summed E-state index contributed by atoms with van der Waals surface area (Å²) in [4.78, 5) is 36.0. The van der Waals surface area contributed by atoms with Gasteiger partial charge in [0.05, 0.1) is 5.69 Å². The minimum atomic E-state index is -0.108. The van der Waals surface area contributed by atoms with Crippen molar-refractivity contribution in [2.45, 2.75) is 25.2 Å². The second-order valence-electron chi connectivity index (χ2n) is 6.71. The van der Waals surface area contributed by atoms with E-state index in [1.54, 1.807) is 11.1 Å². The number of imidazole rings is 1. The number of aromatic nitrogens is 2. The third-order valence-corrected chi connectivity index (χ3v) is 5.04. The van der Waals surface area contributed by atoms with Crippen LogP contribution in [-0.2, 0) is 9.59 Å². The van der Waals surface area contributed by atoms with Crippen molar-refractivity contribution in [3.63, 3.8) is 0 Å². The molecule has 0 spiro atoms. The molecule has 2 aromatic rings. The van der Waals surface area contributed by atoms with Gasteiger partial charge >= 0.3 is 0 Å². The number of carbonyl (C=O) groups excluding carboxylic acids is 2. The van der Waals surface area contributed by atoms with Crippen LogP contribution in [0.5, 0.6) is 5.75 Å². The van der Waals surface area contributed by atoms with Gasteiger partial charge in [-0.15, -0.1) is 0 Å². The fourth-order valence-corrected chi connectivity index (χ4v) is 3.69. The number of anilines is 1. The SMILES string of the molecule is O=C(CCN1C(=O)COc2ccccc21)N1CCC[C@@H](c2ncc[nH]2)C1. The summed E-state index contributed by atoms with van der Waals surface area (Å²) in [5.74, 6) is 1.87. The fraction of sp³-hybridized carbons (Fsp3) is 0.421. The molecule has 0 unspecified atom stereocenters. The largest absolute Gasteiger partial charge is 0.482 e. The monoisotopic (exact) mass is 354 g/mol. The summed E-state index contributed by atoms with van der Waals surface area (Å²) in [5, 5.41) is 0. The molecule has 1 N–H and O–H groups in total. The number of hydrogen-bond donors (Lipinski definition) is 1. The van der Waals surface area contributed by atoms with Crippen LogP contribution in [0.1, 0.15) is 31.0 Å². The van der Waals surface area contributed by atoms with Gasteiger partial charge in [0.1, 0.15) is 11.6 Å². The predicted molar refractivity (Wildman–Crippen MR) is 96.0 cm³/mol. The zero-order chi connectivity index (χ0) is 17.9. The molecule has 1 aromatic carbocycles. The Balaban J connectivity index is 1.39. The lowest BCUT2D eigenvalue weighted by molar-refractivity contribution is -0.132. The Kier molecular flexibility index (Phi) is 4.60. The van der Waals surface area contributed by atoms with E-state index >= 15 is 0 Å². The Morgan fingerprint density at radius 2 is 2.23 bits per heavy atom. The molecule has 0 aliphatic carbocycles. The second kappa shape index (κ2) is 7.19. The minimum absolute atomic E-state index is 0.0233. The number of benzene rings is 1. The average molecular weight is 354 g/mol. The number of ether oxygens (including phenoxy) is 1. The van der Waals surface area contributed by atoms with Crippen LogP contribution in [0.25, 0.3) is 0 Å². The Bertz CT molecular complexity index is 790. The summed E-state index contributed by atoms with van der Waals surface area (Å²) in [7, 11) is 0. The highest BCUT2D eigenvalue weighted by molar-refractivity contribution is 5.98. The molecule has 136 valence electrons. The number of likely N-dealkylation sites (tertiary alicyclic amines) is 1. The van der Waals surface area contributed by atoms with E-state index < -0.39 is 0 Å². The first-order chi connectivity index (χ1) is 12.7. The second-order valence-corrected chi connectivity index (χ2v) is 6.71. The average Bonchev–Trinajstić information content (AvgIpc) is 3.22. The Hall–Kier alpha value is -2.83. The lowest BCUT2D eigenvalue weighted by atomic mass is 9.97. The number of aromatic amines is 1. The molecule has 1 fully saturated rings. The number of fused-ring (bicyclic) bond motifs is 1.